The van der Waals surface area contributed by atoms with Gasteiger partial charge in [0.1, 0.15) is 11.6 Å². The van der Waals surface area contributed by atoms with Gasteiger partial charge in [0.15, 0.2) is 11.0 Å². The van der Waals surface area contributed by atoms with Crippen molar-refractivity contribution < 1.29 is 4.21 Å². The first-order valence-corrected chi connectivity index (χ1v) is 14.4. The van der Waals surface area contributed by atoms with Gasteiger partial charge in [-0.15, -0.1) is 0 Å². The lowest BCUT2D eigenvalue weighted by Gasteiger charge is -2.39. The summed E-state index contributed by atoms with van der Waals surface area (Å²) in [5.74, 6) is 2.14. The molecule has 0 bridgehead atoms. The Hall–Kier alpha value is -3.24. The van der Waals surface area contributed by atoms with Crippen LogP contribution in [0.3, 0.4) is 0 Å². The summed E-state index contributed by atoms with van der Waals surface area (Å²) >= 11 is 6.23. The van der Waals surface area contributed by atoms with Crippen LogP contribution in [0.4, 0.5) is 17.3 Å². The lowest BCUT2D eigenvalue weighted by Crippen LogP contribution is -2.50. The monoisotopic (exact) mass is 524 g/mol. The van der Waals surface area contributed by atoms with E-state index in [1.54, 1.807) is 42.7 Å². The molecule has 0 atom stereocenters. The summed E-state index contributed by atoms with van der Waals surface area (Å²) in [5.41, 5.74) is 3.04. The summed E-state index contributed by atoms with van der Waals surface area (Å²) in [5, 5.41) is 10.1. The normalized spacial score (nSPS) is 14.4. The number of anilines is 3. The summed E-state index contributed by atoms with van der Waals surface area (Å²) in [6.45, 7) is 5.90. The third-order valence-corrected chi connectivity index (χ3v) is 7.16. The minimum absolute atomic E-state index is 0.0986. The molecule has 1 N–H and O–H groups in total. The van der Waals surface area contributed by atoms with E-state index in [1.165, 1.54) is 5.56 Å². The van der Waals surface area contributed by atoms with Crippen molar-refractivity contribution in [1.82, 2.24) is 24.7 Å². The summed E-state index contributed by atoms with van der Waals surface area (Å²) in [6.07, 6.45) is 8.76. The van der Waals surface area contributed by atoms with Gasteiger partial charge in [0, 0.05) is 72.0 Å². The Morgan fingerprint density at radius 1 is 1.14 bits per heavy atom. The molecule has 1 aromatic carbocycles. The SMILES string of the molecule is CC(C)c1ccc(N2CC(N=S(C)(C)=O)C2)c2cnc(Nc3ccnc(-c4cn(C)nc4Cl)n3)cc12. The zero-order valence-electron chi connectivity index (χ0n) is 20.9. The molecule has 1 fully saturated rings. The van der Waals surface area contributed by atoms with E-state index >= 15 is 0 Å². The van der Waals surface area contributed by atoms with E-state index in [0.29, 0.717) is 34.1 Å². The second kappa shape index (κ2) is 9.33. The molecule has 0 radical (unpaired) electrons. The van der Waals surface area contributed by atoms with Crippen LogP contribution in [0.25, 0.3) is 22.2 Å². The molecule has 4 aromatic rings. The van der Waals surface area contributed by atoms with Crippen LogP contribution in [-0.2, 0) is 16.8 Å². The van der Waals surface area contributed by atoms with Gasteiger partial charge in [-0.1, -0.05) is 31.5 Å². The van der Waals surface area contributed by atoms with Gasteiger partial charge in [-0.2, -0.15) is 5.10 Å². The third kappa shape index (κ3) is 5.01. The van der Waals surface area contributed by atoms with Crippen molar-refractivity contribution >= 4 is 49.4 Å². The van der Waals surface area contributed by atoms with Gasteiger partial charge >= 0.3 is 0 Å². The van der Waals surface area contributed by atoms with E-state index in [0.717, 1.165) is 29.5 Å². The van der Waals surface area contributed by atoms with Gasteiger partial charge in [0.05, 0.1) is 11.6 Å². The van der Waals surface area contributed by atoms with Crippen molar-refractivity contribution in [3.05, 3.63) is 53.6 Å². The fourth-order valence-electron chi connectivity index (χ4n) is 4.47. The van der Waals surface area contributed by atoms with Gasteiger partial charge < -0.3 is 10.2 Å². The molecule has 0 spiro atoms. The number of halogens is 1. The van der Waals surface area contributed by atoms with Crippen LogP contribution in [0.5, 0.6) is 0 Å². The molecule has 11 heteroatoms. The minimum Gasteiger partial charge on any atom is -0.366 e. The Balaban J connectivity index is 1.46. The maximum Gasteiger partial charge on any atom is 0.166 e. The minimum atomic E-state index is -2.10. The average Bonchev–Trinajstić information content (AvgIpc) is 3.12. The fourth-order valence-corrected chi connectivity index (χ4v) is 5.58. The van der Waals surface area contributed by atoms with E-state index < -0.39 is 9.73 Å². The predicted molar refractivity (Wildman–Crippen MR) is 147 cm³/mol. The Kier molecular flexibility index (Phi) is 6.34. The standard InChI is InChI=1S/C25H29ClN8OS/c1-15(2)17-6-7-21(34-12-16(13-34)32-36(4,5)35)19-11-28-23(10-18(17)19)29-22-8-9-27-25(30-22)20-14-33(3)31-24(20)26/h6-11,14-16H,12-13H2,1-5H3,(H,27,28,29,30). The molecule has 0 aliphatic carbocycles. The van der Waals surface area contributed by atoms with E-state index in [1.807, 2.05) is 6.20 Å². The van der Waals surface area contributed by atoms with E-state index in [-0.39, 0.29) is 6.04 Å². The molecule has 188 valence electrons. The molecule has 4 heterocycles. The average molecular weight is 525 g/mol. The maximum atomic E-state index is 12.1. The van der Waals surface area contributed by atoms with Gasteiger partial charge in [-0.3, -0.25) is 8.89 Å². The number of fused-ring (bicyclic) bond motifs is 1. The molecule has 3 aromatic heterocycles. The van der Waals surface area contributed by atoms with Gasteiger partial charge in [0.25, 0.3) is 0 Å². The van der Waals surface area contributed by atoms with Gasteiger partial charge in [-0.05, 0) is 35.1 Å². The highest BCUT2D eigenvalue weighted by molar-refractivity contribution is 7.92. The number of hydrogen-bond acceptors (Lipinski definition) is 8. The summed E-state index contributed by atoms with van der Waals surface area (Å²) in [4.78, 5) is 15.9. The number of nitrogens with zero attached hydrogens (tertiary/aromatic N) is 7. The largest absolute Gasteiger partial charge is 0.366 e. The van der Waals surface area contributed by atoms with Gasteiger partial charge in [0.2, 0.25) is 0 Å². The Morgan fingerprint density at radius 3 is 2.58 bits per heavy atom. The van der Waals surface area contributed by atoms with Gasteiger partial charge in [-0.25, -0.2) is 19.3 Å². The smallest absolute Gasteiger partial charge is 0.166 e. The summed E-state index contributed by atoms with van der Waals surface area (Å²) < 4.78 is 18.1. The van der Waals surface area contributed by atoms with Crippen molar-refractivity contribution in [3.8, 4) is 11.4 Å². The molecule has 0 amide bonds. The number of aromatic nitrogens is 5. The lowest BCUT2D eigenvalue weighted by atomic mass is 9.94. The molecule has 9 nitrogen and oxygen atoms in total. The predicted octanol–water partition coefficient (Wildman–Crippen LogP) is 4.86. The highest BCUT2D eigenvalue weighted by atomic mass is 35.5. The zero-order valence-corrected chi connectivity index (χ0v) is 22.5. The molecular weight excluding hydrogens is 496 g/mol. The van der Waals surface area contributed by atoms with Crippen LogP contribution in [0.2, 0.25) is 5.15 Å². The first-order chi connectivity index (χ1) is 17.1. The number of pyridine rings is 1. The molecule has 1 aliphatic heterocycles. The number of hydrogen-bond donors (Lipinski definition) is 1. The second-order valence-corrected chi connectivity index (χ2v) is 12.6. The second-order valence-electron chi connectivity index (χ2n) is 9.69. The van der Waals surface area contributed by atoms with Crippen LogP contribution >= 0.6 is 11.6 Å². The lowest BCUT2D eigenvalue weighted by molar-refractivity contribution is 0.525. The van der Waals surface area contributed by atoms with Crippen molar-refractivity contribution in [1.29, 1.82) is 0 Å². The number of benzene rings is 1. The topological polar surface area (TPSA) is 101 Å². The van der Waals surface area contributed by atoms with Crippen LogP contribution in [-0.4, -0.2) is 60.6 Å². The van der Waals surface area contributed by atoms with Crippen molar-refractivity contribution in [2.45, 2.75) is 25.8 Å². The van der Waals surface area contributed by atoms with Crippen LogP contribution in [0.15, 0.2) is 47.2 Å². The molecule has 1 saturated heterocycles. The molecule has 0 saturated carbocycles. The Bertz CT molecular complexity index is 1560. The first kappa shape index (κ1) is 24.5. The fraction of sp³-hybridized carbons (Fsp3) is 0.360. The van der Waals surface area contributed by atoms with Crippen molar-refractivity contribution in [2.24, 2.45) is 11.4 Å². The first-order valence-electron chi connectivity index (χ1n) is 11.7. The van der Waals surface area contributed by atoms with Crippen LogP contribution in [0, 0.1) is 0 Å². The Morgan fingerprint density at radius 2 is 1.92 bits per heavy atom. The number of aryl methyl sites for hydroxylation is 1. The highest BCUT2D eigenvalue weighted by Crippen LogP contribution is 2.36. The Labute approximate surface area is 216 Å². The molecule has 1 aliphatic rings. The molecule has 36 heavy (non-hydrogen) atoms. The van der Waals surface area contributed by atoms with Crippen LogP contribution in [0.1, 0.15) is 25.3 Å². The molecule has 0 unspecified atom stereocenters. The highest BCUT2D eigenvalue weighted by Gasteiger charge is 2.29. The third-order valence-electron chi connectivity index (χ3n) is 6.08. The van der Waals surface area contributed by atoms with E-state index in [9.17, 15) is 4.21 Å². The van der Waals surface area contributed by atoms with E-state index in [4.69, 9.17) is 16.6 Å². The van der Waals surface area contributed by atoms with Crippen molar-refractivity contribution in [3.63, 3.8) is 0 Å². The van der Waals surface area contributed by atoms with E-state index in [2.05, 4.69) is 61.7 Å². The number of rotatable bonds is 6. The van der Waals surface area contributed by atoms with Crippen molar-refractivity contribution in [2.75, 3.05) is 35.8 Å². The zero-order chi connectivity index (χ0) is 25.6. The number of nitrogens with one attached hydrogen (secondary N) is 1. The summed E-state index contributed by atoms with van der Waals surface area (Å²) in [6, 6.07) is 8.31. The quantitative estimate of drug-likeness (QED) is 0.384. The molecular formula is C25H29ClN8OS. The van der Waals surface area contributed by atoms with Crippen LogP contribution < -0.4 is 10.2 Å². The maximum absolute atomic E-state index is 12.1. The summed E-state index contributed by atoms with van der Waals surface area (Å²) in [7, 11) is -0.299. The molecule has 5 rings (SSSR count).